The molecule has 1 aromatic heterocycles. The molecule has 1 N–H and O–H groups in total. The summed E-state index contributed by atoms with van der Waals surface area (Å²) in [7, 11) is 0. The normalized spacial score (nSPS) is 19.0. The lowest BCUT2D eigenvalue weighted by atomic mass is 9.86. The highest BCUT2D eigenvalue weighted by molar-refractivity contribution is 5.95. The third kappa shape index (κ3) is 4.55. The highest BCUT2D eigenvalue weighted by atomic mass is 16.5. The largest absolute Gasteiger partial charge is 0.462 e. The summed E-state index contributed by atoms with van der Waals surface area (Å²) in [4.78, 5) is 25.5. The van der Waals surface area contributed by atoms with Gasteiger partial charge in [-0.3, -0.25) is 4.79 Å². The molecular weight excluding hydrogens is 364 g/mol. The minimum absolute atomic E-state index is 0.00515. The van der Waals surface area contributed by atoms with Crippen LogP contribution >= 0.6 is 0 Å². The van der Waals surface area contributed by atoms with Crippen LogP contribution in [0.2, 0.25) is 0 Å². The molecule has 5 heteroatoms. The van der Waals surface area contributed by atoms with Crippen LogP contribution in [0.5, 0.6) is 0 Å². The van der Waals surface area contributed by atoms with Crippen LogP contribution in [0.1, 0.15) is 61.1 Å². The number of nitrogens with one attached hydrogen (secondary N) is 1. The summed E-state index contributed by atoms with van der Waals surface area (Å²) in [5, 5.41) is 3.23. The van der Waals surface area contributed by atoms with E-state index in [9.17, 15) is 9.59 Å². The van der Waals surface area contributed by atoms with Gasteiger partial charge in [0.05, 0.1) is 17.9 Å². The first-order valence-electron chi connectivity index (χ1n) is 10.7. The van der Waals surface area contributed by atoms with Crippen LogP contribution in [-0.2, 0) is 16.1 Å². The number of nitrogens with zero attached hydrogens (tertiary/aromatic N) is 1. The van der Waals surface area contributed by atoms with Gasteiger partial charge in [0.2, 0.25) is 5.91 Å². The molecule has 1 fully saturated rings. The standard InChI is InChI=1S/C24H32N2O3/c1-5-29-24(28)22-17(3)23(19-12-7-6-8-13-19)26(18(22)4)15-21(27)25-20-14-10-9-11-16(20)2/h6-8,12-13,16,20H,5,9-11,14-15H2,1-4H3,(H,25,27)/t16-,20+/m0/s1. The molecular formula is C24H32N2O3. The molecule has 5 nitrogen and oxygen atoms in total. The van der Waals surface area contributed by atoms with E-state index in [2.05, 4.69) is 12.2 Å². The molecule has 1 aromatic carbocycles. The Morgan fingerprint density at radius 2 is 1.83 bits per heavy atom. The van der Waals surface area contributed by atoms with Gasteiger partial charge in [-0.05, 0) is 50.7 Å². The van der Waals surface area contributed by atoms with Gasteiger partial charge >= 0.3 is 5.97 Å². The van der Waals surface area contributed by atoms with E-state index in [4.69, 9.17) is 4.74 Å². The maximum atomic E-state index is 12.9. The number of amides is 1. The Morgan fingerprint density at radius 1 is 1.14 bits per heavy atom. The van der Waals surface area contributed by atoms with Gasteiger partial charge in [-0.2, -0.15) is 0 Å². The summed E-state index contributed by atoms with van der Waals surface area (Å²) in [6.45, 7) is 8.35. The van der Waals surface area contributed by atoms with E-state index in [0.717, 1.165) is 35.4 Å². The van der Waals surface area contributed by atoms with Crippen molar-refractivity contribution < 1.29 is 14.3 Å². The van der Waals surface area contributed by atoms with Crippen LogP contribution in [-0.4, -0.2) is 29.1 Å². The monoisotopic (exact) mass is 396 g/mol. The lowest BCUT2D eigenvalue weighted by molar-refractivity contribution is -0.122. The van der Waals surface area contributed by atoms with Crippen LogP contribution in [0.3, 0.4) is 0 Å². The van der Waals surface area contributed by atoms with Gasteiger partial charge in [-0.25, -0.2) is 4.79 Å². The Balaban J connectivity index is 1.94. The van der Waals surface area contributed by atoms with Crippen molar-refractivity contribution >= 4 is 11.9 Å². The lowest BCUT2D eigenvalue weighted by Gasteiger charge is -2.29. The molecule has 3 rings (SSSR count). The maximum Gasteiger partial charge on any atom is 0.340 e. The number of aromatic nitrogens is 1. The Morgan fingerprint density at radius 3 is 2.48 bits per heavy atom. The van der Waals surface area contributed by atoms with Crippen molar-refractivity contribution in [3.05, 3.63) is 47.2 Å². The SMILES string of the molecule is CCOC(=O)c1c(C)c(-c2ccccc2)n(CC(=O)N[C@@H]2CCCC[C@@H]2C)c1C. The third-order valence-electron chi connectivity index (χ3n) is 6.05. The van der Waals surface area contributed by atoms with Crippen LogP contribution in [0.4, 0.5) is 0 Å². The molecule has 2 aromatic rings. The topological polar surface area (TPSA) is 60.3 Å². The Kier molecular flexibility index (Phi) is 6.78. The van der Waals surface area contributed by atoms with Crippen molar-refractivity contribution in [3.63, 3.8) is 0 Å². The number of carbonyl (C=O) groups is 2. The third-order valence-corrected chi connectivity index (χ3v) is 6.05. The zero-order valence-electron chi connectivity index (χ0n) is 18.0. The predicted molar refractivity (Wildman–Crippen MR) is 115 cm³/mol. The maximum absolute atomic E-state index is 12.9. The van der Waals surface area contributed by atoms with E-state index >= 15 is 0 Å². The zero-order valence-corrected chi connectivity index (χ0v) is 18.0. The van der Waals surface area contributed by atoms with Gasteiger partial charge < -0.3 is 14.6 Å². The fourth-order valence-corrected chi connectivity index (χ4v) is 4.49. The minimum atomic E-state index is -0.334. The summed E-state index contributed by atoms with van der Waals surface area (Å²) < 4.78 is 7.24. The minimum Gasteiger partial charge on any atom is -0.462 e. The van der Waals surface area contributed by atoms with E-state index in [1.54, 1.807) is 6.92 Å². The fourth-order valence-electron chi connectivity index (χ4n) is 4.49. The summed E-state index contributed by atoms with van der Waals surface area (Å²) in [5.74, 6) is 0.165. The number of ether oxygens (including phenoxy) is 1. The fraction of sp³-hybridized carbons (Fsp3) is 0.500. The van der Waals surface area contributed by atoms with E-state index in [1.165, 1.54) is 12.8 Å². The first-order valence-corrected chi connectivity index (χ1v) is 10.7. The van der Waals surface area contributed by atoms with E-state index in [0.29, 0.717) is 18.1 Å². The molecule has 156 valence electrons. The second-order valence-electron chi connectivity index (χ2n) is 8.04. The molecule has 0 spiro atoms. The van der Waals surface area contributed by atoms with Gasteiger partial charge in [0.25, 0.3) is 0 Å². The molecule has 0 aliphatic heterocycles. The average molecular weight is 397 g/mol. The first-order chi connectivity index (χ1) is 13.9. The van der Waals surface area contributed by atoms with Crippen molar-refractivity contribution in [1.82, 2.24) is 9.88 Å². The second-order valence-corrected chi connectivity index (χ2v) is 8.04. The molecule has 0 unspecified atom stereocenters. The van der Waals surface area contributed by atoms with E-state index in [1.807, 2.05) is 48.7 Å². The molecule has 1 aliphatic carbocycles. The summed E-state index contributed by atoms with van der Waals surface area (Å²) in [6.07, 6.45) is 4.61. The molecule has 0 radical (unpaired) electrons. The van der Waals surface area contributed by atoms with Crippen LogP contribution in [0, 0.1) is 19.8 Å². The van der Waals surface area contributed by atoms with Crippen molar-refractivity contribution in [2.24, 2.45) is 5.92 Å². The van der Waals surface area contributed by atoms with Gasteiger partial charge in [-0.15, -0.1) is 0 Å². The Labute approximate surface area is 173 Å². The molecule has 1 aliphatic rings. The molecule has 1 saturated carbocycles. The number of hydrogen-bond donors (Lipinski definition) is 1. The van der Waals surface area contributed by atoms with Gasteiger partial charge in [-0.1, -0.05) is 50.1 Å². The van der Waals surface area contributed by atoms with E-state index < -0.39 is 0 Å². The molecule has 0 bridgehead atoms. The summed E-state index contributed by atoms with van der Waals surface area (Å²) >= 11 is 0. The van der Waals surface area contributed by atoms with Crippen LogP contribution in [0.25, 0.3) is 11.3 Å². The smallest absolute Gasteiger partial charge is 0.340 e. The highest BCUT2D eigenvalue weighted by Gasteiger charge is 2.27. The van der Waals surface area contributed by atoms with Crippen LogP contribution < -0.4 is 5.32 Å². The lowest BCUT2D eigenvalue weighted by Crippen LogP contribution is -2.42. The number of rotatable bonds is 6. The van der Waals surface area contributed by atoms with Gasteiger partial charge in [0.15, 0.2) is 0 Å². The average Bonchev–Trinajstić information content (AvgIpc) is 2.94. The summed E-state index contributed by atoms with van der Waals surface area (Å²) in [6, 6.07) is 10.1. The van der Waals surface area contributed by atoms with Crippen molar-refractivity contribution in [3.8, 4) is 11.3 Å². The zero-order chi connectivity index (χ0) is 21.0. The molecule has 29 heavy (non-hydrogen) atoms. The van der Waals surface area contributed by atoms with Crippen LogP contribution in [0.15, 0.2) is 30.3 Å². The van der Waals surface area contributed by atoms with Crippen molar-refractivity contribution in [2.75, 3.05) is 6.61 Å². The Hall–Kier alpha value is -2.56. The summed E-state index contributed by atoms with van der Waals surface area (Å²) in [5.41, 5.74) is 4.07. The van der Waals surface area contributed by atoms with Gasteiger partial charge in [0, 0.05) is 11.7 Å². The molecule has 0 saturated heterocycles. The second kappa shape index (κ2) is 9.29. The predicted octanol–water partition coefficient (Wildman–Crippen LogP) is 4.64. The van der Waals surface area contributed by atoms with Gasteiger partial charge in [0.1, 0.15) is 6.54 Å². The van der Waals surface area contributed by atoms with E-state index in [-0.39, 0.29) is 24.5 Å². The molecule has 2 atom stereocenters. The van der Waals surface area contributed by atoms with Crippen molar-refractivity contribution in [1.29, 1.82) is 0 Å². The number of hydrogen-bond acceptors (Lipinski definition) is 3. The Bertz CT molecular complexity index is 870. The molecule has 1 heterocycles. The number of esters is 1. The molecule has 1 amide bonds. The number of benzene rings is 1. The van der Waals surface area contributed by atoms with Crippen molar-refractivity contribution in [2.45, 2.75) is 66.0 Å². The quantitative estimate of drug-likeness (QED) is 0.724. The highest BCUT2D eigenvalue weighted by Crippen LogP contribution is 2.32. The number of carbonyl (C=O) groups excluding carboxylic acids is 2. The first kappa shape index (κ1) is 21.2.